The number of nitrogens with zero attached hydrogens (tertiary/aromatic N) is 3. The van der Waals surface area contributed by atoms with Crippen molar-refractivity contribution in [1.82, 2.24) is 9.97 Å². The molecule has 1 fully saturated rings. The quantitative estimate of drug-likeness (QED) is 0.658. The van der Waals surface area contributed by atoms with Crippen LogP contribution in [0.25, 0.3) is 11.0 Å². The van der Waals surface area contributed by atoms with Gasteiger partial charge in [0.15, 0.2) is 0 Å². The van der Waals surface area contributed by atoms with E-state index in [1.807, 2.05) is 4.90 Å². The summed E-state index contributed by atoms with van der Waals surface area (Å²) in [6.45, 7) is 1.13. The second kappa shape index (κ2) is 5.04. The van der Waals surface area contributed by atoms with E-state index in [2.05, 4.69) is 9.97 Å². The first kappa shape index (κ1) is 13.3. The van der Waals surface area contributed by atoms with Gasteiger partial charge in [-0.2, -0.15) is 0 Å². The number of aromatic nitrogens is 2. The maximum atomic E-state index is 11.1. The number of fused-ring (bicyclic) bond motifs is 1. The molecule has 0 spiro atoms. The van der Waals surface area contributed by atoms with E-state index in [1.165, 1.54) is 12.1 Å². The van der Waals surface area contributed by atoms with Crippen LogP contribution in [0.3, 0.4) is 0 Å². The Labute approximate surface area is 119 Å². The van der Waals surface area contributed by atoms with Crippen LogP contribution in [0.5, 0.6) is 0 Å². The minimum Gasteiger partial charge on any atom is -0.481 e. The predicted molar refractivity (Wildman–Crippen MR) is 75.3 cm³/mol. The lowest BCUT2D eigenvalue weighted by Gasteiger charge is -2.30. The molecule has 8 heteroatoms. The van der Waals surface area contributed by atoms with Gasteiger partial charge in [-0.3, -0.25) is 14.9 Å². The number of carboxylic acid groups (broad SMARTS) is 1. The molecule has 1 aromatic heterocycles. The molecule has 2 aromatic rings. The molecule has 3 rings (SSSR count). The summed E-state index contributed by atoms with van der Waals surface area (Å²) < 4.78 is 0. The highest BCUT2D eigenvalue weighted by Crippen LogP contribution is 2.25. The molecule has 0 saturated carbocycles. The number of nitro groups is 1. The van der Waals surface area contributed by atoms with E-state index in [4.69, 9.17) is 5.11 Å². The van der Waals surface area contributed by atoms with Crippen molar-refractivity contribution >= 4 is 28.6 Å². The van der Waals surface area contributed by atoms with Crippen LogP contribution in [0.1, 0.15) is 12.8 Å². The van der Waals surface area contributed by atoms with Crippen LogP contribution < -0.4 is 4.90 Å². The number of nitrogens with one attached hydrogen (secondary N) is 1. The zero-order chi connectivity index (χ0) is 15.0. The van der Waals surface area contributed by atoms with Crippen molar-refractivity contribution in [3.05, 3.63) is 28.3 Å². The molecule has 0 bridgehead atoms. The Bertz CT molecular complexity index is 711. The van der Waals surface area contributed by atoms with Gasteiger partial charge in [-0.15, -0.1) is 0 Å². The lowest BCUT2D eigenvalue weighted by atomic mass is 9.99. The van der Waals surface area contributed by atoms with Crippen LogP contribution in [0, 0.1) is 16.0 Å². The SMILES string of the molecule is O=C(O)[C@@H]1CCCN(c2nc3ccc([N+](=O)[O-])cc3[nH]2)C1. The van der Waals surface area contributed by atoms with Crippen molar-refractivity contribution < 1.29 is 14.8 Å². The first-order valence-corrected chi connectivity index (χ1v) is 6.66. The van der Waals surface area contributed by atoms with Gasteiger partial charge >= 0.3 is 5.97 Å². The number of rotatable bonds is 3. The fraction of sp³-hybridized carbons (Fsp3) is 0.385. The number of carboxylic acids is 1. The second-order valence-electron chi connectivity index (χ2n) is 5.14. The third-order valence-corrected chi connectivity index (χ3v) is 3.73. The number of H-pyrrole nitrogens is 1. The molecule has 1 aliphatic heterocycles. The molecule has 0 radical (unpaired) electrons. The van der Waals surface area contributed by atoms with Gasteiger partial charge in [0.25, 0.3) is 5.69 Å². The molecule has 1 aliphatic rings. The van der Waals surface area contributed by atoms with Crippen LogP contribution in [0.4, 0.5) is 11.6 Å². The topological polar surface area (TPSA) is 112 Å². The van der Waals surface area contributed by atoms with E-state index in [9.17, 15) is 14.9 Å². The normalized spacial score (nSPS) is 18.9. The summed E-state index contributed by atoms with van der Waals surface area (Å²) >= 11 is 0. The predicted octanol–water partition coefficient (Wildman–Crippen LogP) is 1.77. The van der Waals surface area contributed by atoms with Crippen LogP contribution in [0.15, 0.2) is 18.2 Å². The van der Waals surface area contributed by atoms with Gasteiger partial charge < -0.3 is 15.0 Å². The van der Waals surface area contributed by atoms with E-state index in [-0.39, 0.29) is 5.69 Å². The highest BCUT2D eigenvalue weighted by Gasteiger charge is 2.27. The Balaban J connectivity index is 1.90. The number of hydrogen-bond acceptors (Lipinski definition) is 5. The molecule has 1 saturated heterocycles. The van der Waals surface area contributed by atoms with Gasteiger partial charge in [-0.05, 0) is 18.9 Å². The van der Waals surface area contributed by atoms with Crippen molar-refractivity contribution in [2.45, 2.75) is 12.8 Å². The third kappa shape index (κ3) is 2.51. The number of nitro benzene ring substituents is 1. The fourth-order valence-corrected chi connectivity index (χ4v) is 2.62. The van der Waals surface area contributed by atoms with E-state index >= 15 is 0 Å². The molecular weight excluding hydrogens is 276 g/mol. The van der Waals surface area contributed by atoms with Gasteiger partial charge in [0.1, 0.15) is 0 Å². The minimum atomic E-state index is -0.800. The lowest BCUT2D eigenvalue weighted by molar-refractivity contribution is -0.384. The van der Waals surface area contributed by atoms with E-state index in [0.717, 1.165) is 13.0 Å². The highest BCUT2D eigenvalue weighted by atomic mass is 16.6. The van der Waals surface area contributed by atoms with E-state index in [0.29, 0.717) is 29.9 Å². The minimum absolute atomic E-state index is 0.000225. The number of benzene rings is 1. The van der Waals surface area contributed by atoms with Gasteiger partial charge in [0.2, 0.25) is 5.95 Å². The third-order valence-electron chi connectivity index (χ3n) is 3.73. The monoisotopic (exact) mass is 290 g/mol. The number of non-ortho nitro benzene ring substituents is 1. The average molecular weight is 290 g/mol. The Morgan fingerprint density at radius 1 is 1.52 bits per heavy atom. The summed E-state index contributed by atoms with van der Waals surface area (Å²) in [6, 6.07) is 4.43. The number of anilines is 1. The second-order valence-corrected chi connectivity index (χ2v) is 5.14. The summed E-state index contributed by atoms with van der Waals surface area (Å²) in [5.41, 5.74) is 1.21. The van der Waals surface area contributed by atoms with Gasteiger partial charge in [-0.1, -0.05) is 0 Å². The van der Waals surface area contributed by atoms with Gasteiger partial charge in [0.05, 0.1) is 21.9 Å². The van der Waals surface area contributed by atoms with Crippen molar-refractivity contribution in [1.29, 1.82) is 0 Å². The summed E-state index contributed by atoms with van der Waals surface area (Å²) in [5, 5.41) is 19.9. The lowest BCUT2D eigenvalue weighted by Crippen LogP contribution is -2.39. The standard InChI is InChI=1S/C13H14N4O4/c18-12(19)8-2-1-5-16(7-8)13-14-10-4-3-9(17(20)21)6-11(10)15-13/h3-4,6,8H,1-2,5,7H2,(H,14,15)(H,18,19)/t8-/m1/s1. The maximum Gasteiger partial charge on any atom is 0.308 e. The molecule has 2 heterocycles. The van der Waals surface area contributed by atoms with Crippen molar-refractivity contribution in [2.75, 3.05) is 18.0 Å². The van der Waals surface area contributed by atoms with Gasteiger partial charge in [0, 0.05) is 25.2 Å². The van der Waals surface area contributed by atoms with Crippen molar-refractivity contribution in [3.63, 3.8) is 0 Å². The molecule has 21 heavy (non-hydrogen) atoms. The van der Waals surface area contributed by atoms with E-state index < -0.39 is 16.8 Å². The maximum absolute atomic E-state index is 11.1. The molecule has 2 N–H and O–H groups in total. The van der Waals surface area contributed by atoms with Crippen molar-refractivity contribution in [3.8, 4) is 0 Å². The average Bonchev–Trinajstić information content (AvgIpc) is 2.90. The van der Waals surface area contributed by atoms with Crippen LogP contribution in [-0.4, -0.2) is 39.1 Å². The molecule has 110 valence electrons. The molecular formula is C13H14N4O4. The molecule has 1 atom stereocenters. The van der Waals surface area contributed by atoms with Gasteiger partial charge in [-0.25, -0.2) is 4.98 Å². The molecule has 0 unspecified atom stereocenters. The molecule has 1 aromatic carbocycles. The number of imidazole rings is 1. The Kier molecular flexibility index (Phi) is 3.20. The highest BCUT2D eigenvalue weighted by molar-refractivity contribution is 5.80. The van der Waals surface area contributed by atoms with Crippen LogP contribution in [0.2, 0.25) is 0 Å². The zero-order valence-electron chi connectivity index (χ0n) is 11.2. The number of piperidine rings is 1. The smallest absolute Gasteiger partial charge is 0.308 e. The number of aromatic amines is 1. The number of aliphatic carboxylic acids is 1. The Morgan fingerprint density at radius 2 is 2.33 bits per heavy atom. The fourth-order valence-electron chi connectivity index (χ4n) is 2.62. The summed E-state index contributed by atoms with van der Waals surface area (Å²) in [6.07, 6.45) is 1.45. The summed E-state index contributed by atoms with van der Waals surface area (Å²) in [5.74, 6) is -0.635. The van der Waals surface area contributed by atoms with E-state index in [1.54, 1.807) is 6.07 Å². The summed E-state index contributed by atoms with van der Waals surface area (Å²) in [7, 11) is 0. The van der Waals surface area contributed by atoms with Crippen LogP contribution in [-0.2, 0) is 4.79 Å². The summed E-state index contributed by atoms with van der Waals surface area (Å²) in [4.78, 5) is 30.7. The number of carbonyl (C=O) groups is 1. The first-order chi connectivity index (χ1) is 10.0. The molecule has 0 aliphatic carbocycles. The zero-order valence-corrected chi connectivity index (χ0v) is 11.2. The largest absolute Gasteiger partial charge is 0.481 e. The van der Waals surface area contributed by atoms with Crippen LogP contribution >= 0.6 is 0 Å². The molecule has 0 amide bonds. The van der Waals surface area contributed by atoms with Crippen molar-refractivity contribution in [2.24, 2.45) is 5.92 Å². The Morgan fingerprint density at radius 3 is 3.05 bits per heavy atom. The number of hydrogen-bond donors (Lipinski definition) is 2. The molecule has 8 nitrogen and oxygen atoms in total. The Hall–Kier alpha value is -2.64. The first-order valence-electron chi connectivity index (χ1n) is 6.66.